The van der Waals surface area contributed by atoms with Gasteiger partial charge in [-0.15, -0.1) is 4.40 Å². The van der Waals surface area contributed by atoms with E-state index in [4.69, 9.17) is 9.47 Å². The van der Waals surface area contributed by atoms with E-state index in [-0.39, 0.29) is 16.0 Å². The summed E-state index contributed by atoms with van der Waals surface area (Å²) in [5.74, 6) is 0.920. The number of aryl methyl sites for hydroxylation is 1. The Hall–Kier alpha value is -2.78. The molecule has 0 atom stereocenters. The predicted octanol–water partition coefficient (Wildman–Crippen LogP) is 4.86. The van der Waals surface area contributed by atoms with Gasteiger partial charge in [0.25, 0.3) is 15.9 Å². The fourth-order valence-electron chi connectivity index (χ4n) is 3.09. The Balaban J connectivity index is 1.91. The van der Waals surface area contributed by atoms with Crippen molar-refractivity contribution in [2.75, 3.05) is 20.3 Å². The van der Waals surface area contributed by atoms with Gasteiger partial charge in [-0.3, -0.25) is 9.69 Å². The standard InChI is InChI=1S/C24H28N2O5S2/c1-5-7-14-31-21-15-18(10-13-20(21)30-4)16-22-23(27)26(6-2)24(32-22)25-33(28,29)19-11-8-17(3)9-12-19/h8-13,15-16H,5-7,14H2,1-4H3. The summed E-state index contributed by atoms with van der Waals surface area (Å²) in [6.45, 7) is 6.62. The average molecular weight is 489 g/mol. The van der Waals surface area contributed by atoms with Gasteiger partial charge < -0.3 is 9.47 Å². The Morgan fingerprint density at radius 3 is 2.45 bits per heavy atom. The zero-order valence-corrected chi connectivity index (χ0v) is 20.8. The van der Waals surface area contributed by atoms with Crippen molar-refractivity contribution in [2.24, 2.45) is 4.40 Å². The number of carbonyl (C=O) groups is 1. The summed E-state index contributed by atoms with van der Waals surface area (Å²) in [7, 11) is -2.37. The Bertz CT molecular complexity index is 1170. The number of hydrogen-bond donors (Lipinski definition) is 0. The second-order valence-electron chi connectivity index (χ2n) is 7.43. The lowest BCUT2D eigenvalue weighted by atomic mass is 10.2. The molecule has 1 heterocycles. The molecule has 1 aliphatic heterocycles. The fourth-order valence-corrected chi connectivity index (χ4v) is 5.34. The van der Waals surface area contributed by atoms with Gasteiger partial charge in [0, 0.05) is 6.54 Å². The van der Waals surface area contributed by atoms with Crippen LogP contribution in [0.4, 0.5) is 0 Å². The lowest BCUT2D eigenvalue weighted by Crippen LogP contribution is -2.29. The maximum absolute atomic E-state index is 12.9. The van der Waals surface area contributed by atoms with Crippen LogP contribution in [0.25, 0.3) is 6.08 Å². The fraction of sp³-hybridized carbons (Fsp3) is 0.333. The van der Waals surface area contributed by atoms with Crippen LogP contribution in [0.3, 0.4) is 0 Å². The van der Waals surface area contributed by atoms with Crippen LogP contribution in [-0.2, 0) is 14.8 Å². The van der Waals surface area contributed by atoms with E-state index in [2.05, 4.69) is 11.3 Å². The molecule has 1 saturated heterocycles. The third-order valence-corrected chi connectivity index (χ3v) is 7.37. The molecule has 0 aromatic heterocycles. The minimum atomic E-state index is -3.94. The number of amidine groups is 1. The van der Waals surface area contributed by atoms with Crippen LogP contribution in [0.2, 0.25) is 0 Å². The van der Waals surface area contributed by atoms with Gasteiger partial charge in [0.2, 0.25) is 0 Å². The van der Waals surface area contributed by atoms with E-state index in [9.17, 15) is 13.2 Å². The number of ether oxygens (including phenoxy) is 2. The molecule has 33 heavy (non-hydrogen) atoms. The predicted molar refractivity (Wildman–Crippen MR) is 132 cm³/mol. The minimum absolute atomic E-state index is 0.0890. The first-order valence-corrected chi connectivity index (χ1v) is 13.0. The van der Waals surface area contributed by atoms with Crippen molar-refractivity contribution in [3.63, 3.8) is 0 Å². The molecule has 0 spiro atoms. The highest BCUT2D eigenvalue weighted by atomic mass is 32.2. The van der Waals surface area contributed by atoms with E-state index in [1.54, 1.807) is 38.3 Å². The summed E-state index contributed by atoms with van der Waals surface area (Å²) in [5.41, 5.74) is 1.70. The number of carbonyl (C=O) groups excluding carboxylic acids is 1. The van der Waals surface area contributed by atoms with Gasteiger partial charge >= 0.3 is 0 Å². The van der Waals surface area contributed by atoms with Crippen molar-refractivity contribution >= 4 is 38.9 Å². The topological polar surface area (TPSA) is 85.3 Å². The van der Waals surface area contributed by atoms with Crippen molar-refractivity contribution in [1.29, 1.82) is 0 Å². The van der Waals surface area contributed by atoms with Crippen LogP contribution in [0.1, 0.15) is 37.8 Å². The van der Waals surface area contributed by atoms with Gasteiger partial charge in [-0.05, 0) is 67.9 Å². The van der Waals surface area contributed by atoms with Crippen molar-refractivity contribution < 1.29 is 22.7 Å². The summed E-state index contributed by atoms with van der Waals surface area (Å²) in [6, 6.07) is 11.9. The molecule has 7 nitrogen and oxygen atoms in total. The lowest BCUT2D eigenvalue weighted by molar-refractivity contribution is -0.122. The maximum atomic E-state index is 12.9. The molecule has 1 fully saturated rings. The summed E-state index contributed by atoms with van der Waals surface area (Å²) in [4.78, 5) is 14.8. The van der Waals surface area contributed by atoms with Crippen LogP contribution >= 0.6 is 11.8 Å². The Kier molecular flexibility index (Phi) is 8.20. The summed E-state index contributed by atoms with van der Waals surface area (Å²) in [6.07, 6.45) is 3.64. The smallest absolute Gasteiger partial charge is 0.284 e. The van der Waals surface area contributed by atoms with E-state index in [1.165, 1.54) is 17.0 Å². The number of methoxy groups -OCH3 is 1. The molecule has 2 aromatic rings. The van der Waals surface area contributed by atoms with Gasteiger partial charge in [0.1, 0.15) is 0 Å². The second kappa shape index (κ2) is 10.9. The van der Waals surface area contributed by atoms with Gasteiger partial charge in [0.15, 0.2) is 16.7 Å². The molecule has 0 unspecified atom stereocenters. The van der Waals surface area contributed by atoms with Crippen LogP contribution in [0.5, 0.6) is 11.5 Å². The molecule has 1 aliphatic rings. The molecule has 2 aromatic carbocycles. The van der Waals surface area contributed by atoms with E-state index < -0.39 is 10.0 Å². The summed E-state index contributed by atoms with van der Waals surface area (Å²) >= 11 is 1.04. The summed E-state index contributed by atoms with van der Waals surface area (Å²) in [5, 5.41) is 0.141. The molecule has 0 saturated carbocycles. The molecule has 1 amide bonds. The molecule has 0 N–H and O–H groups in total. The second-order valence-corrected chi connectivity index (χ2v) is 10.0. The van der Waals surface area contributed by atoms with Crippen molar-refractivity contribution in [2.45, 2.75) is 38.5 Å². The molecule has 0 radical (unpaired) electrons. The molecular formula is C24H28N2O5S2. The molecular weight excluding hydrogens is 460 g/mol. The molecule has 0 bridgehead atoms. The van der Waals surface area contributed by atoms with Gasteiger partial charge in [-0.25, -0.2) is 0 Å². The normalized spacial score (nSPS) is 16.6. The number of hydrogen-bond acceptors (Lipinski definition) is 6. The number of unbranched alkanes of at least 4 members (excludes halogenated alkanes) is 1. The Morgan fingerprint density at radius 1 is 1.09 bits per heavy atom. The SMILES string of the molecule is CCCCOc1cc(C=C2SC(=NS(=O)(=O)c3ccc(C)cc3)N(CC)C2=O)ccc1OC. The number of thioether (sulfide) groups is 1. The Morgan fingerprint density at radius 2 is 1.82 bits per heavy atom. The molecule has 3 rings (SSSR count). The largest absolute Gasteiger partial charge is 0.493 e. The van der Waals surface area contributed by atoms with E-state index in [0.717, 1.165) is 35.7 Å². The number of amides is 1. The monoisotopic (exact) mass is 488 g/mol. The van der Waals surface area contributed by atoms with Crippen molar-refractivity contribution in [3.8, 4) is 11.5 Å². The zero-order chi connectivity index (χ0) is 24.0. The Labute approximate surface area is 199 Å². The molecule has 176 valence electrons. The van der Waals surface area contributed by atoms with Gasteiger partial charge in [0.05, 0.1) is 23.5 Å². The number of likely N-dealkylation sites (N-methyl/N-ethyl adjacent to an activating group) is 1. The maximum Gasteiger partial charge on any atom is 0.284 e. The highest BCUT2D eigenvalue weighted by Gasteiger charge is 2.34. The average Bonchev–Trinajstić information content (AvgIpc) is 3.07. The first-order valence-electron chi connectivity index (χ1n) is 10.7. The first kappa shape index (κ1) is 24.9. The summed E-state index contributed by atoms with van der Waals surface area (Å²) < 4.78 is 40.7. The van der Waals surface area contributed by atoms with E-state index in [0.29, 0.717) is 29.6 Å². The van der Waals surface area contributed by atoms with Gasteiger partial charge in [-0.1, -0.05) is 37.1 Å². The van der Waals surface area contributed by atoms with Crippen LogP contribution in [-0.4, -0.2) is 44.7 Å². The minimum Gasteiger partial charge on any atom is -0.493 e. The quantitative estimate of drug-likeness (QED) is 0.370. The molecule has 9 heteroatoms. The number of nitrogens with zero attached hydrogens (tertiary/aromatic N) is 2. The van der Waals surface area contributed by atoms with Crippen molar-refractivity contribution in [3.05, 3.63) is 58.5 Å². The number of benzene rings is 2. The first-order chi connectivity index (χ1) is 15.8. The lowest BCUT2D eigenvalue weighted by Gasteiger charge is -2.12. The number of sulfonamides is 1. The zero-order valence-electron chi connectivity index (χ0n) is 19.2. The molecule has 0 aliphatic carbocycles. The van der Waals surface area contributed by atoms with Crippen LogP contribution < -0.4 is 9.47 Å². The third-order valence-electron chi connectivity index (χ3n) is 4.96. The van der Waals surface area contributed by atoms with Crippen LogP contribution in [0.15, 0.2) is 56.7 Å². The highest BCUT2D eigenvalue weighted by Crippen LogP contribution is 2.35. The van der Waals surface area contributed by atoms with Gasteiger partial charge in [-0.2, -0.15) is 8.42 Å². The van der Waals surface area contributed by atoms with Crippen molar-refractivity contribution in [1.82, 2.24) is 4.90 Å². The highest BCUT2D eigenvalue weighted by molar-refractivity contribution is 8.19. The third kappa shape index (κ3) is 5.97. The van der Waals surface area contributed by atoms with Crippen LogP contribution in [0, 0.1) is 6.92 Å². The van der Waals surface area contributed by atoms with E-state index in [1.807, 2.05) is 19.1 Å². The van der Waals surface area contributed by atoms with E-state index >= 15 is 0 Å². The number of rotatable bonds is 9.